The molecule has 0 aliphatic rings. The minimum absolute atomic E-state index is 0.199. The average molecular weight is 1190 g/mol. The molecule has 0 saturated carbocycles. The zero-order valence-electron chi connectivity index (χ0n) is 49.9. The number of aliphatic hydroxyl groups is 3. The molecule has 0 heterocycles. The summed E-state index contributed by atoms with van der Waals surface area (Å²) in [7, 11) is -5.57. The fraction of sp³-hybridized carbons (Fsp3) is 0.250. The SMILES string of the molecule is Cc1ccc(P(CCCO)(OP(=O)(OP(CCCO)(c2ccc(C)cc2)(c2ccc(C)cc2)c2ccc(C)cc2)OP(CCCO)(c2ccc(C)cc2)(c2ccc(C)cc2)c2ccc(C)cc2)(c2ccc(C)cc2)c2ccc(C)cc2)cc1. The van der Waals surface area contributed by atoms with Crippen LogP contribution < -0.4 is 47.7 Å². The van der Waals surface area contributed by atoms with Crippen LogP contribution in [0.1, 0.15) is 69.3 Å². The van der Waals surface area contributed by atoms with Gasteiger partial charge in [-0.15, -0.1) is 0 Å². The Morgan fingerprint density at radius 3 is 0.482 bits per heavy atom. The normalized spacial score (nSPS) is 14.3. The first kappa shape index (κ1) is 61.8. The molecule has 0 fully saturated rings. The second kappa shape index (κ2) is 24.7. The van der Waals surface area contributed by atoms with Gasteiger partial charge in [0.1, 0.15) is 0 Å². The number of phosphoric acid groups is 1. The van der Waals surface area contributed by atoms with E-state index in [0.29, 0.717) is 0 Å². The van der Waals surface area contributed by atoms with Crippen molar-refractivity contribution in [3.05, 3.63) is 268 Å². The van der Waals surface area contributed by atoms with Gasteiger partial charge in [-0.25, -0.2) is 0 Å². The molecule has 0 aliphatic carbocycles. The Morgan fingerprint density at radius 2 is 0.373 bits per heavy atom. The van der Waals surface area contributed by atoms with Gasteiger partial charge < -0.3 is 0 Å². The fourth-order valence-electron chi connectivity index (χ4n) is 12.6. The van der Waals surface area contributed by atoms with Crippen molar-refractivity contribution in [3.8, 4) is 0 Å². The van der Waals surface area contributed by atoms with Crippen LogP contribution in [0.4, 0.5) is 0 Å². The van der Waals surface area contributed by atoms with Gasteiger partial charge in [-0.05, 0) is 0 Å². The number of benzene rings is 9. The Bertz CT molecular complexity index is 2950. The number of rotatable bonds is 24. The van der Waals surface area contributed by atoms with Crippen molar-refractivity contribution in [2.24, 2.45) is 0 Å². The molecule has 9 aromatic carbocycles. The van der Waals surface area contributed by atoms with Crippen LogP contribution >= 0.6 is 28.3 Å². The summed E-state index contributed by atoms with van der Waals surface area (Å²) >= 11 is 0. The third-order valence-electron chi connectivity index (χ3n) is 17.3. The van der Waals surface area contributed by atoms with Crippen LogP contribution in [0.25, 0.3) is 0 Å². The summed E-state index contributed by atoms with van der Waals surface area (Å²) in [6.45, 7) is 3.00. The van der Waals surface area contributed by atoms with Gasteiger partial charge in [-0.1, -0.05) is 0 Å². The van der Waals surface area contributed by atoms with Crippen LogP contribution in [0.5, 0.6) is 0 Å². The van der Waals surface area contributed by atoms with Gasteiger partial charge in [-0.2, -0.15) is 0 Å². The molecule has 83 heavy (non-hydrogen) atoms. The summed E-state index contributed by atoms with van der Waals surface area (Å²) in [6.07, 6.45) is 1.34. The standard InChI is InChI=1S/C72H84O7P4/c1-55-13-31-64(32-14-55)81(52-10-49-73,65-33-15-56(2)16-34-65,66-35-17-57(3)18-36-66)77-80(76,78-82(53-11-50-74,67-37-19-58(4)20-38-67,68-39-21-59(5)22-40-68)69-41-23-60(6)24-42-69)79-83(54-12-51-75,70-43-25-61(7)26-44-70,71-45-27-62(8)28-46-71)72-47-29-63(9)30-48-72/h13-48,73-75H,10-12,49-54H2,1-9H3. The quantitative estimate of drug-likeness (QED) is 0.0518. The van der Waals surface area contributed by atoms with Crippen LogP contribution in [0.3, 0.4) is 0 Å². The van der Waals surface area contributed by atoms with E-state index in [4.69, 9.17) is 12.9 Å². The topological polar surface area (TPSA) is 105 Å². The van der Waals surface area contributed by atoms with E-state index in [0.717, 1.165) is 97.8 Å². The Balaban J connectivity index is 1.62. The van der Waals surface area contributed by atoms with Crippen molar-refractivity contribution in [3.63, 3.8) is 0 Å². The Morgan fingerprint density at radius 1 is 0.253 bits per heavy atom. The summed E-state index contributed by atoms with van der Waals surface area (Å²) in [6, 6.07) is 75.7. The van der Waals surface area contributed by atoms with Crippen molar-refractivity contribution in [1.82, 2.24) is 0 Å². The van der Waals surface area contributed by atoms with Gasteiger partial charge in [0.05, 0.1) is 0 Å². The third kappa shape index (κ3) is 11.0. The second-order valence-electron chi connectivity index (χ2n) is 23.3. The minimum atomic E-state index is -5.57. The molecule has 9 aromatic rings. The number of hydrogen-bond acceptors (Lipinski definition) is 7. The van der Waals surface area contributed by atoms with E-state index < -0.39 is 28.3 Å². The van der Waals surface area contributed by atoms with E-state index in [9.17, 15) is 15.3 Å². The Labute approximate surface area is 494 Å². The zero-order valence-corrected chi connectivity index (χ0v) is 53.5. The van der Waals surface area contributed by atoms with E-state index in [1.165, 1.54) is 0 Å². The van der Waals surface area contributed by atoms with Crippen LogP contribution in [-0.2, 0) is 17.5 Å². The molecule has 434 valence electrons. The predicted molar refractivity (Wildman–Crippen MR) is 359 cm³/mol. The first-order valence-corrected chi connectivity index (χ1v) is 37.6. The van der Waals surface area contributed by atoms with Crippen molar-refractivity contribution < 1.29 is 32.8 Å². The Hall–Kier alpha value is -5.74. The molecule has 7 nitrogen and oxygen atoms in total. The Kier molecular flexibility index (Phi) is 18.4. The summed E-state index contributed by atoms with van der Waals surface area (Å²) in [4.78, 5) is 0. The maximum absolute atomic E-state index is 20.0. The van der Waals surface area contributed by atoms with Crippen molar-refractivity contribution in [2.45, 2.75) is 81.6 Å². The molecular formula is C72H84O7P4. The van der Waals surface area contributed by atoms with Crippen LogP contribution in [-0.4, -0.2) is 53.6 Å². The number of aryl methyl sites for hydroxylation is 9. The van der Waals surface area contributed by atoms with Gasteiger partial charge in [-0.3, -0.25) is 0 Å². The van der Waals surface area contributed by atoms with Crippen LogP contribution in [0, 0.1) is 62.3 Å². The summed E-state index contributed by atoms with van der Waals surface area (Å²) in [5, 5.41) is 41.5. The van der Waals surface area contributed by atoms with Gasteiger partial charge in [0.2, 0.25) is 0 Å². The van der Waals surface area contributed by atoms with E-state index in [-0.39, 0.29) is 57.6 Å². The van der Waals surface area contributed by atoms with Crippen LogP contribution in [0.15, 0.2) is 218 Å². The van der Waals surface area contributed by atoms with Crippen molar-refractivity contribution in [2.75, 3.05) is 38.3 Å². The third-order valence-corrected chi connectivity index (χ3v) is 40.0. The van der Waals surface area contributed by atoms with Crippen molar-refractivity contribution in [1.29, 1.82) is 0 Å². The van der Waals surface area contributed by atoms with Crippen molar-refractivity contribution >= 4 is 76.1 Å². The number of hydrogen-bond donors (Lipinski definition) is 3. The summed E-state index contributed by atoms with van der Waals surface area (Å²) in [5.74, 6) is 0. The van der Waals surface area contributed by atoms with Gasteiger partial charge in [0, 0.05) is 0 Å². The molecule has 0 aromatic heterocycles. The molecule has 0 atom stereocenters. The fourth-order valence-corrected chi connectivity index (χ4v) is 37.7. The van der Waals surface area contributed by atoms with Gasteiger partial charge in [0.25, 0.3) is 0 Å². The predicted octanol–water partition coefficient (Wildman–Crippen LogP) is 13.4. The van der Waals surface area contributed by atoms with Gasteiger partial charge >= 0.3 is 497 Å². The van der Waals surface area contributed by atoms with E-state index in [1.54, 1.807) is 0 Å². The molecule has 0 spiro atoms. The molecule has 0 bridgehead atoms. The molecule has 0 amide bonds. The maximum atomic E-state index is 20.0. The molecule has 11 heteroatoms. The summed E-state index contributed by atoms with van der Waals surface area (Å²) in [5.41, 5.74) is 9.21. The zero-order chi connectivity index (χ0) is 59.2. The summed E-state index contributed by atoms with van der Waals surface area (Å²) < 4.78 is 46.5. The molecule has 9 rings (SSSR count). The van der Waals surface area contributed by atoms with E-state index >= 15 is 4.57 Å². The van der Waals surface area contributed by atoms with Crippen LogP contribution in [0.2, 0.25) is 0 Å². The molecular weight excluding hydrogens is 1100 g/mol. The van der Waals surface area contributed by atoms with E-state index in [2.05, 4.69) is 281 Å². The van der Waals surface area contributed by atoms with E-state index in [1.807, 2.05) is 0 Å². The first-order chi connectivity index (χ1) is 39.8. The monoisotopic (exact) mass is 1180 g/mol. The van der Waals surface area contributed by atoms with Gasteiger partial charge in [0.15, 0.2) is 0 Å². The molecule has 0 radical (unpaired) electrons. The average Bonchev–Trinajstić information content (AvgIpc) is 0.949. The molecule has 0 saturated heterocycles. The molecule has 0 aliphatic heterocycles. The molecule has 3 N–H and O–H groups in total. The second-order valence-corrected chi connectivity index (χ2v) is 39.4. The molecule has 0 unspecified atom stereocenters. The number of aliphatic hydroxyl groups excluding tert-OH is 3. The first-order valence-electron chi connectivity index (χ1n) is 29.1.